The van der Waals surface area contributed by atoms with Crippen LogP contribution in [0.4, 0.5) is 0 Å². The molecule has 1 N–H and O–H groups in total. The summed E-state index contributed by atoms with van der Waals surface area (Å²) in [5.74, 6) is 1.08. The Morgan fingerprint density at radius 1 is 0.708 bits per heavy atom. The van der Waals surface area contributed by atoms with Crippen molar-refractivity contribution in [2.24, 2.45) is 0 Å². The fourth-order valence-electron chi connectivity index (χ4n) is 2.11. The third kappa shape index (κ3) is 17.4. The predicted octanol–water partition coefficient (Wildman–Crippen LogP) is 6.63. The molecule has 0 amide bonds. The number of hydrogen-bond acceptors (Lipinski definition) is 2. The Labute approximate surface area is 154 Å². The Hall–Kier alpha value is -0.990. The molecular formula is C22H36OS. The quantitative estimate of drug-likeness (QED) is 0.335. The molecule has 0 aromatic carbocycles. The van der Waals surface area contributed by atoms with Crippen LogP contribution in [0.2, 0.25) is 0 Å². The van der Waals surface area contributed by atoms with Crippen molar-refractivity contribution < 1.29 is 5.11 Å². The number of allylic oxidation sites excluding steroid dienone is 10. The maximum atomic E-state index is 9.21. The van der Waals surface area contributed by atoms with E-state index >= 15 is 0 Å². The van der Waals surface area contributed by atoms with Gasteiger partial charge in [-0.15, -0.1) is 0 Å². The summed E-state index contributed by atoms with van der Waals surface area (Å²) >= 11 is 1.85. The van der Waals surface area contributed by atoms with Crippen LogP contribution in [0, 0.1) is 0 Å². The summed E-state index contributed by atoms with van der Waals surface area (Å²) in [6.07, 6.45) is 29.5. The molecule has 0 rings (SSSR count). The summed E-state index contributed by atoms with van der Waals surface area (Å²) in [5.41, 5.74) is 0. The molecule has 0 aliphatic carbocycles. The molecule has 1 unspecified atom stereocenters. The molecule has 0 aliphatic heterocycles. The van der Waals surface area contributed by atoms with Crippen LogP contribution in [0.3, 0.4) is 0 Å². The Balaban J connectivity index is 3.56. The van der Waals surface area contributed by atoms with Crippen molar-refractivity contribution in [1.29, 1.82) is 0 Å². The third-order valence-corrected chi connectivity index (χ3v) is 4.61. The molecule has 2 heteroatoms. The molecule has 0 aromatic heterocycles. The van der Waals surface area contributed by atoms with E-state index in [4.69, 9.17) is 0 Å². The lowest BCUT2D eigenvalue weighted by atomic mass is 10.2. The van der Waals surface area contributed by atoms with E-state index in [9.17, 15) is 5.11 Å². The first-order valence-corrected chi connectivity index (χ1v) is 10.4. The van der Waals surface area contributed by atoms with Crippen LogP contribution in [0.15, 0.2) is 60.8 Å². The zero-order valence-corrected chi connectivity index (χ0v) is 16.4. The van der Waals surface area contributed by atoms with Crippen LogP contribution in [-0.4, -0.2) is 22.7 Å². The molecule has 0 radical (unpaired) electrons. The molecule has 136 valence electrons. The Bertz CT molecular complexity index is 391. The summed E-state index contributed by atoms with van der Waals surface area (Å²) in [5, 5.41) is 9.61. The first kappa shape index (κ1) is 23.0. The highest BCUT2D eigenvalue weighted by Gasteiger charge is 2.04. The highest BCUT2D eigenvalue weighted by Crippen LogP contribution is 2.15. The van der Waals surface area contributed by atoms with Crippen LogP contribution in [0.1, 0.15) is 58.8 Å². The van der Waals surface area contributed by atoms with E-state index in [1.165, 1.54) is 0 Å². The fraction of sp³-hybridized carbons (Fsp3) is 0.545. The average molecular weight is 349 g/mol. The van der Waals surface area contributed by atoms with Gasteiger partial charge in [-0.2, -0.15) is 11.8 Å². The molecule has 0 bridgehead atoms. The number of hydrogen-bond donors (Lipinski definition) is 1. The Morgan fingerprint density at radius 3 is 1.58 bits per heavy atom. The van der Waals surface area contributed by atoms with Gasteiger partial charge in [0.1, 0.15) is 0 Å². The standard InChI is InChI=1S/C22H36OS/c1-3-5-6-7-8-9-10-11-12-13-14-15-16-17-18-19-20-22(21-23)24-4-2/h5-6,8-9,11-12,14-15,17-18,22-23H,3-4,7,10,13,16,19-21H2,1-2H3/b6-5-,9-8-,12-11-,15-14-,18-17-. The minimum absolute atomic E-state index is 0.295. The molecule has 24 heavy (non-hydrogen) atoms. The first-order valence-electron chi connectivity index (χ1n) is 9.32. The second-order valence-corrected chi connectivity index (χ2v) is 7.12. The second-order valence-electron chi connectivity index (χ2n) is 5.55. The van der Waals surface area contributed by atoms with Gasteiger partial charge < -0.3 is 5.11 Å². The number of rotatable bonds is 15. The summed E-state index contributed by atoms with van der Waals surface area (Å²) in [6, 6.07) is 0. The summed E-state index contributed by atoms with van der Waals surface area (Å²) in [6.45, 7) is 4.60. The van der Waals surface area contributed by atoms with E-state index < -0.39 is 0 Å². The van der Waals surface area contributed by atoms with E-state index in [0.717, 1.165) is 50.7 Å². The largest absolute Gasteiger partial charge is 0.395 e. The van der Waals surface area contributed by atoms with Gasteiger partial charge in [0.25, 0.3) is 0 Å². The third-order valence-electron chi connectivity index (χ3n) is 3.42. The number of thioether (sulfide) groups is 1. The fourth-order valence-corrected chi connectivity index (χ4v) is 2.99. The molecule has 0 saturated carbocycles. The molecule has 0 saturated heterocycles. The van der Waals surface area contributed by atoms with Crippen molar-refractivity contribution in [2.45, 2.75) is 64.0 Å². The molecule has 0 aromatic rings. The minimum atomic E-state index is 0.295. The van der Waals surface area contributed by atoms with E-state index in [-0.39, 0.29) is 0 Å². The SMILES string of the molecule is CC/C=C\C/C=C\C/C=C\C/C=C\C/C=C\CCC(CO)SCC. The average Bonchev–Trinajstić information content (AvgIpc) is 2.60. The van der Waals surface area contributed by atoms with Crippen molar-refractivity contribution in [1.82, 2.24) is 0 Å². The van der Waals surface area contributed by atoms with Gasteiger partial charge in [0.05, 0.1) is 6.61 Å². The van der Waals surface area contributed by atoms with Crippen LogP contribution < -0.4 is 0 Å². The maximum Gasteiger partial charge on any atom is 0.0550 e. The summed E-state index contributed by atoms with van der Waals surface area (Å²) in [4.78, 5) is 0. The van der Waals surface area contributed by atoms with E-state index in [1.54, 1.807) is 0 Å². The first-order chi connectivity index (χ1) is 11.8. The lowest BCUT2D eigenvalue weighted by molar-refractivity contribution is 0.291. The van der Waals surface area contributed by atoms with Crippen LogP contribution in [0.25, 0.3) is 0 Å². The van der Waals surface area contributed by atoms with Gasteiger partial charge in [-0.05, 0) is 50.7 Å². The van der Waals surface area contributed by atoms with Gasteiger partial charge in [-0.1, -0.05) is 74.6 Å². The number of aliphatic hydroxyl groups is 1. The molecular weight excluding hydrogens is 312 g/mol. The molecule has 0 spiro atoms. The van der Waals surface area contributed by atoms with Crippen molar-refractivity contribution in [3.8, 4) is 0 Å². The molecule has 1 nitrogen and oxygen atoms in total. The molecule has 1 atom stereocenters. The summed E-state index contributed by atoms with van der Waals surface area (Å²) in [7, 11) is 0. The van der Waals surface area contributed by atoms with Gasteiger partial charge >= 0.3 is 0 Å². The Morgan fingerprint density at radius 2 is 1.17 bits per heavy atom. The topological polar surface area (TPSA) is 20.2 Å². The monoisotopic (exact) mass is 348 g/mol. The van der Waals surface area contributed by atoms with E-state index in [1.807, 2.05) is 11.8 Å². The summed E-state index contributed by atoms with van der Waals surface area (Å²) < 4.78 is 0. The van der Waals surface area contributed by atoms with Gasteiger partial charge in [-0.25, -0.2) is 0 Å². The van der Waals surface area contributed by atoms with Gasteiger partial charge in [-0.3, -0.25) is 0 Å². The predicted molar refractivity (Wildman–Crippen MR) is 113 cm³/mol. The van der Waals surface area contributed by atoms with Crippen LogP contribution in [0.5, 0.6) is 0 Å². The second kappa shape index (κ2) is 20.1. The van der Waals surface area contributed by atoms with Crippen molar-refractivity contribution >= 4 is 11.8 Å². The Kier molecular flexibility index (Phi) is 19.2. The molecule has 0 aliphatic rings. The molecule has 0 heterocycles. The van der Waals surface area contributed by atoms with Crippen LogP contribution >= 0.6 is 11.8 Å². The zero-order chi connectivity index (χ0) is 17.7. The van der Waals surface area contributed by atoms with Gasteiger partial charge in [0.2, 0.25) is 0 Å². The van der Waals surface area contributed by atoms with Gasteiger partial charge in [0, 0.05) is 5.25 Å². The van der Waals surface area contributed by atoms with Crippen LogP contribution in [-0.2, 0) is 0 Å². The van der Waals surface area contributed by atoms with Gasteiger partial charge in [0.15, 0.2) is 0 Å². The van der Waals surface area contributed by atoms with Crippen molar-refractivity contribution in [2.75, 3.05) is 12.4 Å². The highest BCUT2D eigenvalue weighted by molar-refractivity contribution is 7.99. The molecule has 0 fully saturated rings. The van der Waals surface area contributed by atoms with E-state index in [2.05, 4.69) is 74.6 Å². The number of aliphatic hydroxyl groups excluding tert-OH is 1. The minimum Gasteiger partial charge on any atom is -0.395 e. The van der Waals surface area contributed by atoms with E-state index in [0.29, 0.717) is 11.9 Å². The smallest absolute Gasteiger partial charge is 0.0550 e. The maximum absolute atomic E-state index is 9.21. The lowest BCUT2D eigenvalue weighted by Gasteiger charge is -2.10. The zero-order valence-electron chi connectivity index (χ0n) is 15.6. The van der Waals surface area contributed by atoms with Crippen molar-refractivity contribution in [3.05, 3.63) is 60.8 Å². The normalized spacial score (nSPS) is 14.3. The lowest BCUT2D eigenvalue weighted by Crippen LogP contribution is -2.07. The van der Waals surface area contributed by atoms with Crippen molar-refractivity contribution in [3.63, 3.8) is 0 Å². The highest BCUT2D eigenvalue weighted by atomic mass is 32.2.